The molecule has 0 bridgehead atoms. The zero-order valence-electron chi connectivity index (χ0n) is 10.7. The van der Waals surface area contributed by atoms with E-state index in [1.54, 1.807) is 14.2 Å². The van der Waals surface area contributed by atoms with Crippen LogP contribution in [0.2, 0.25) is 0 Å². The number of aliphatic hydroxyl groups is 1. The molecule has 1 aromatic rings. The molecule has 1 rings (SSSR count). The van der Waals surface area contributed by atoms with Gasteiger partial charge in [-0.2, -0.15) is 0 Å². The van der Waals surface area contributed by atoms with Crippen molar-refractivity contribution in [2.45, 2.75) is 19.4 Å². The van der Waals surface area contributed by atoms with Gasteiger partial charge in [0.1, 0.15) is 11.5 Å². The summed E-state index contributed by atoms with van der Waals surface area (Å²) in [5.74, 6) is 1.54. The lowest BCUT2D eigenvalue weighted by molar-refractivity contribution is 0.243. The maximum atomic E-state index is 9.25. The molecule has 0 saturated carbocycles. The molecule has 0 fully saturated rings. The Kier molecular flexibility index (Phi) is 5.80. The Morgan fingerprint density at radius 2 is 1.76 bits per heavy atom. The van der Waals surface area contributed by atoms with Crippen molar-refractivity contribution in [1.82, 2.24) is 5.32 Å². The first-order chi connectivity index (χ1) is 8.23. The first-order valence-electron chi connectivity index (χ1n) is 5.79. The Bertz CT molecular complexity index is 319. The van der Waals surface area contributed by atoms with Gasteiger partial charge in [-0.05, 0) is 30.7 Å². The van der Waals surface area contributed by atoms with Crippen LogP contribution in [-0.4, -0.2) is 38.5 Å². The van der Waals surface area contributed by atoms with Crippen LogP contribution in [0.4, 0.5) is 0 Å². The van der Waals surface area contributed by atoms with Gasteiger partial charge in [-0.15, -0.1) is 0 Å². The molecule has 0 radical (unpaired) electrons. The summed E-state index contributed by atoms with van der Waals surface area (Å²) < 4.78 is 10.4. The average molecular weight is 239 g/mol. The molecule has 0 aliphatic rings. The van der Waals surface area contributed by atoms with Crippen LogP contribution in [0.15, 0.2) is 18.2 Å². The Labute approximate surface area is 103 Å². The summed E-state index contributed by atoms with van der Waals surface area (Å²) in [7, 11) is 3.26. The van der Waals surface area contributed by atoms with Crippen molar-refractivity contribution < 1.29 is 14.6 Å². The van der Waals surface area contributed by atoms with Crippen LogP contribution < -0.4 is 14.8 Å². The highest BCUT2D eigenvalue weighted by molar-refractivity contribution is 5.38. The molecule has 0 aliphatic heterocycles. The van der Waals surface area contributed by atoms with Crippen molar-refractivity contribution in [3.8, 4) is 11.5 Å². The fraction of sp³-hybridized carbons (Fsp3) is 0.538. The first-order valence-corrected chi connectivity index (χ1v) is 5.79. The molecule has 0 spiro atoms. The van der Waals surface area contributed by atoms with Crippen LogP contribution in [-0.2, 0) is 6.42 Å². The second-order valence-corrected chi connectivity index (χ2v) is 3.86. The molecule has 0 aromatic heterocycles. The molecule has 4 nitrogen and oxygen atoms in total. The third-order valence-corrected chi connectivity index (χ3v) is 2.61. The lowest BCUT2D eigenvalue weighted by atomic mass is 10.1. The fourth-order valence-corrected chi connectivity index (χ4v) is 1.76. The first kappa shape index (κ1) is 13.8. The highest BCUT2D eigenvalue weighted by Crippen LogP contribution is 2.23. The average Bonchev–Trinajstić information content (AvgIpc) is 2.37. The van der Waals surface area contributed by atoms with Gasteiger partial charge in [-0.1, -0.05) is 6.92 Å². The van der Waals surface area contributed by atoms with Crippen LogP contribution >= 0.6 is 0 Å². The summed E-state index contributed by atoms with van der Waals surface area (Å²) >= 11 is 0. The number of rotatable bonds is 7. The summed E-state index contributed by atoms with van der Waals surface area (Å²) in [4.78, 5) is 0. The van der Waals surface area contributed by atoms with E-state index in [4.69, 9.17) is 9.47 Å². The van der Waals surface area contributed by atoms with E-state index in [9.17, 15) is 5.11 Å². The molecule has 1 atom stereocenters. The molecule has 1 aromatic carbocycles. The van der Waals surface area contributed by atoms with Crippen LogP contribution in [0.25, 0.3) is 0 Å². The van der Waals surface area contributed by atoms with E-state index in [2.05, 4.69) is 5.32 Å². The van der Waals surface area contributed by atoms with Crippen molar-refractivity contribution in [3.05, 3.63) is 23.8 Å². The second-order valence-electron chi connectivity index (χ2n) is 3.86. The minimum absolute atomic E-state index is 0.0665. The van der Waals surface area contributed by atoms with E-state index >= 15 is 0 Å². The van der Waals surface area contributed by atoms with E-state index in [0.717, 1.165) is 30.0 Å². The van der Waals surface area contributed by atoms with Crippen LogP contribution in [0.1, 0.15) is 12.5 Å². The van der Waals surface area contributed by atoms with Crippen molar-refractivity contribution in [1.29, 1.82) is 0 Å². The largest absolute Gasteiger partial charge is 0.497 e. The smallest absolute Gasteiger partial charge is 0.122 e. The molecular weight excluding hydrogens is 218 g/mol. The van der Waals surface area contributed by atoms with E-state index < -0.39 is 0 Å². The molecule has 0 amide bonds. The maximum Gasteiger partial charge on any atom is 0.122 e. The predicted molar refractivity (Wildman–Crippen MR) is 67.8 cm³/mol. The number of ether oxygens (including phenoxy) is 2. The summed E-state index contributed by atoms with van der Waals surface area (Å²) in [6.45, 7) is 2.98. The quantitative estimate of drug-likeness (QED) is 0.751. The number of likely N-dealkylation sites (N-methyl/N-ethyl adjacent to an activating group) is 1. The Hall–Kier alpha value is -1.26. The SMILES string of the molecule is CCNC(CO)Cc1cc(OC)cc(OC)c1. The van der Waals surface area contributed by atoms with Crippen LogP contribution in [0, 0.1) is 0 Å². The minimum atomic E-state index is 0.0665. The topological polar surface area (TPSA) is 50.7 Å². The van der Waals surface area contributed by atoms with Gasteiger partial charge in [-0.3, -0.25) is 0 Å². The third kappa shape index (κ3) is 4.24. The highest BCUT2D eigenvalue weighted by Gasteiger charge is 2.09. The minimum Gasteiger partial charge on any atom is -0.497 e. The summed E-state index contributed by atoms with van der Waals surface area (Å²) in [6.07, 6.45) is 0.748. The molecule has 4 heteroatoms. The lowest BCUT2D eigenvalue weighted by Gasteiger charge is -2.16. The number of nitrogens with one attached hydrogen (secondary N) is 1. The van der Waals surface area contributed by atoms with Gasteiger partial charge in [0, 0.05) is 12.1 Å². The molecule has 96 valence electrons. The van der Waals surface area contributed by atoms with Gasteiger partial charge in [-0.25, -0.2) is 0 Å². The van der Waals surface area contributed by atoms with E-state index in [1.165, 1.54) is 0 Å². The standard InChI is InChI=1S/C13H21NO3/c1-4-14-11(9-15)5-10-6-12(16-2)8-13(7-10)17-3/h6-8,11,14-15H,4-5,9H2,1-3H3. The summed E-state index contributed by atoms with van der Waals surface area (Å²) in [6, 6.07) is 5.83. The Balaban J connectivity index is 2.81. The number of hydrogen-bond donors (Lipinski definition) is 2. The highest BCUT2D eigenvalue weighted by atomic mass is 16.5. The van der Waals surface area contributed by atoms with Gasteiger partial charge in [0.25, 0.3) is 0 Å². The molecule has 0 saturated heterocycles. The zero-order valence-corrected chi connectivity index (χ0v) is 10.7. The van der Waals surface area contributed by atoms with Crippen molar-refractivity contribution in [2.24, 2.45) is 0 Å². The number of hydrogen-bond acceptors (Lipinski definition) is 4. The van der Waals surface area contributed by atoms with Gasteiger partial charge in [0.15, 0.2) is 0 Å². The molecule has 2 N–H and O–H groups in total. The predicted octanol–water partition coefficient (Wildman–Crippen LogP) is 1.22. The van der Waals surface area contributed by atoms with Crippen molar-refractivity contribution in [2.75, 3.05) is 27.4 Å². The van der Waals surface area contributed by atoms with Gasteiger partial charge in [0.05, 0.1) is 20.8 Å². The Morgan fingerprint density at radius 1 is 1.18 bits per heavy atom. The summed E-state index contributed by atoms with van der Waals surface area (Å²) in [5, 5.41) is 12.5. The van der Waals surface area contributed by atoms with Crippen LogP contribution in [0.3, 0.4) is 0 Å². The van der Waals surface area contributed by atoms with Gasteiger partial charge >= 0.3 is 0 Å². The number of benzene rings is 1. The molecule has 17 heavy (non-hydrogen) atoms. The Morgan fingerprint density at radius 3 is 2.18 bits per heavy atom. The van der Waals surface area contributed by atoms with E-state index in [1.807, 2.05) is 25.1 Å². The zero-order chi connectivity index (χ0) is 12.7. The van der Waals surface area contributed by atoms with E-state index in [0.29, 0.717) is 0 Å². The lowest BCUT2D eigenvalue weighted by Crippen LogP contribution is -2.34. The monoisotopic (exact) mass is 239 g/mol. The molecular formula is C13H21NO3. The fourth-order valence-electron chi connectivity index (χ4n) is 1.76. The number of methoxy groups -OCH3 is 2. The molecule has 0 heterocycles. The van der Waals surface area contributed by atoms with E-state index in [-0.39, 0.29) is 12.6 Å². The maximum absolute atomic E-state index is 9.25. The molecule has 0 aliphatic carbocycles. The number of aliphatic hydroxyl groups excluding tert-OH is 1. The van der Waals surface area contributed by atoms with Crippen LogP contribution in [0.5, 0.6) is 11.5 Å². The normalized spacial score (nSPS) is 12.2. The summed E-state index contributed by atoms with van der Waals surface area (Å²) in [5.41, 5.74) is 1.08. The van der Waals surface area contributed by atoms with Crippen molar-refractivity contribution >= 4 is 0 Å². The molecule has 1 unspecified atom stereocenters. The van der Waals surface area contributed by atoms with Crippen molar-refractivity contribution in [3.63, 3.8) is 0 Å². The second kappa shape index (κ2) is 7.14. The van der Waals surface area contributed by atoms with Gasteiger partial charge < -0.3 is 19.9 Å². The van der Waals surface area contributed by atoms with Gasteiger partial charge in [0.2, 0.25) is 0 Å². The third-order valence-electron chi connectivity index (χ3n) is 2.61.